The fourth-order valence-electron chi connectivity index (χ4n) is 3.64. The van der Waals surface area contributed by atoms with Crippen LogP contribution in [0.2, 0.25) is 0 Å². The maximum Gasteiger partial charge on any atom is 0.153 e. The van der Waals surface area contributed by atoms with Crippen LogP contribution in [-0.4, -0.2) is 24.6 Å². The van der Waals surface area contributed by atoms with Crippen LogP contribution in [0.3, 0.4) is 0 Å². The smallest absolute Gasteiger partial charge is 0.153 e. The van der Waals surface area contributed by atoms with Gasteiger partial charge in [-0.3, -0.25) is 4.98 Å². The van der Waals surface area contributed by atoms with Crippen LogP contribution in [0.4, 0.5) is 0 Å². The Morgan fingerprint density at radius 1 is 1.07 bits per heavy atom. The molecule has 0 unspecified atom stereocenters. The summed E-state index contributed by atoms with van der Waals surface area (Å²) in [6.07, 6.45) is 12.1. The second-order valence-corrected chi connectivity index (χ2v) is 6.96. The summed E-state index contributed by atoms with van der Waals surface area (Å²) in [5, 5.41) is 7.65. The Morgan fingerprint density at radius 2 is 2.07 bits per heavy atom. The third-order valence-electron chi connectivity index (χ3n) is 5.09. The molecule has 0 saturated carbocycles. The van der Waals surface area contributed by atoms with Crippen molar-refractivity contribution in [3.8, 4) is 0 Å². The van der Waals surface area contributed by atoms with Crippen LogP contribution in [0, 0.1) is 0 Å². The van der Waals surface area contributed by atoms with Gasteiger partial charge >= 0.3 is 0 Å². The highest BCUT2D eigenvalue weighted by molar-refractivity contribution is 5.79. The highest BCUT2D eigenvalue weighted by Gasteiger charge is 2.18. The quantitative estimate of drug-likeness (QED) is 0.588. The Bertz CT molecular complexity index is 1350. The average Bonchev–Trinajstić information content (AvgIpc) is 3.40. The predicted octanol–water partition coefficient (Wildman–Crippen LogP) is 3.37. The molecule has 5 heterocycles. The van der Waals surface area contributed by atoms with Crippen molar-refractivity contribution in [1.82, 2.24) is 30.1 Å². The van der Waals surface area contributed by atoms with Gasteiger partial charge in [-0.15, -0.1) is 0 Å². The molecule has 0 saturated heterocycles. The van der Waals surface area contributed by atoms with E-state index in [4.69, 9.17) is 10.0 Å². The summed E-state index contributed by atoms with van der Waals surface area (Å²) in [5.74, 6) is 0. The largest absolute Gasteiger partial charge is 0.256 e. The number of pyridine rings is 1. The third kappa shape index (κ3) is 2.76. The van der Waals surface area contributed by atoms with Gasteiger partial charge in [0.25, 0.3) is 0 Å². The first-order valence-electron chi connectivity index (χ1n) is 9.33. The normalized spacial score (nSPS) is 15.4. The van der Waals surface area contributed by atoms with E-state index in [2.05, 4.69) is 39.7 Å². The van der Waals surface area contributed by atoms with Gasteiger partial charge in [0.15, 0.2) is 5.65 Å². The Labute approximate surface area is 166 Å². The number of nitrogens with zero attached hydrogens (tertiary/aromatic N) is 5. The molecular weight excluding hydrogens is 364 g/mol. The lowest BCUT2D eigenvalue weighted by Gasteiger charge is -2.16. The minimum atomic E-state index is 0.744. The number of hydrogen-bond donors (Lipinski definition) is 1. The lowest BCUT2D eigenvalue weighted by Crippen LogP contribution is -2.15. The average molecular weight is 380 g/mol. The van der Waals surface area contributed by atoms with Gasteiger partial charge in [0, 0.05) is 29.8 Å². The summed E-state index contributed by atoms with van der Waals surface area (Å²) in [6, 6.07) is 14.4. The van der Waals surface area contributed by atoms with E-state index in [1.54, 1.807) is 11.3 Å². The van der Waals surface area contributed by atoms with E-state index in [1.807, 2.05) is 53.5 Å². The van der Waals surface area contributed by atoms with Crippen molar-refractivity contribution >= 4 is 22.1 Å². The maximum absolute atomic E-state index is 5.23. The molecule has 1 aromatic carbocycles. The van der Waals surface area contributed by atoms with Crippen LogP contribution in [0.25, 0.3) is 22.1 Å². The second-order valence-electron chi connectivity index (χ2n) is 6.96. The van der Waals surface area contributed by atoms with Gasteiger partial charge in [-0.2, -0.15) is 10.0 Å². The monoisotopic (exact) mass is 380 g/mol. The molecule has 2 aliphatic rings. The number of allylic oxidation sites excluding steroid dienone is 3. The molecule has 0 aliphatic carbocycles. The molecule has 0 amide bonds. The van der Waals surface area contributed by atoms with Crippen LogP contribution in [0.1, 0.15) is 17.0 Å². The molecular formula is C22H16N6O. The molecule has 7 nitrogen and oxygen atoms in total. The van der Waals surface area contributed by atoms with E-state index >= 15 is 0 Å². The molecule has 6 rings (SSSR count). The van der Waals surface area contributed by atoms with E-state index in [1.165, 1.54) is 5.56 Å². The van der Waals surface area contributed by atoms with E-state index in [0.717, 1.165) is 45.6 Å². The zero-order chi connectivity index (χ0) is 19.2. The standard InChI is InChI=1S/C22H16N6O/c1-2-16-10-15(3-4-20(16)23-8-1)11-19-13-24-22-6-5-21(26-28(19)22)17-7-9-27-18(12-17)14-25-29-27/h1-10,12-14,25H,11H2. The lowest BCUT2D eigenvalue weighted by molar-refractivity contribution is -0.112. The Balaban J connectivity index is 1.37. The molecule has 0 bridgehead atoms. The number of aromatic nitrogens is 4. The minimum Gasteiger partial charge on any atom is -0.256 e. The number of fused-ring (bicyclic) bond motifs is 3. The van der Waals surface area contributed by atoms with Crippen molar-refractivity contribution in [3.63, 3.8) is 0 Å². The van der Waals surface area contributed by atoms with Gasteiger partial charge in [-0.25, -0.2) is 20.0 Å². The molecule has 0 fully saturated rings. The van der Waals surface area contributed by atoms with Gasteiger partial charge in [0.1, 0.15) is 0 Å². The molecule has 29 heavy (non-hydrogen) atoms. The van der Waals surface area contributed by atoms with Gasteiger partial charge in [0.05, 0.1) is 35.0 Å². The van der Waals surface area contributed by atoms with Crippen molar-refractivity contribution in [3.05, 3.63) is 102 Å². The Hall–Kier alpha value is -3.97. The van der Waals surface area contributed by atoms with E-state index in [0.29, 0.717) is 0 Å². The van der Waals surface area contributed by atoms with Crippen LogP contribution >= 0.6 is 0 Å². The highest BCUT2D eigenvalue weighted by atomic mass is 16.8. The van der Waals surface area contributed by atoms with Crippen molar-refractivity contribution in [2.24, 2.45) is 0 Å². The number of benzene rings is 1. The number of imidazole rings is 1. The van der Waals surface area contributed by atoms with Crippen LogP contribution in [0.5, 0.6) is 0 Å². The van der Waals surface area contributed by atoms with Crippen molar-refractivity contribution < 1.29 is 4.94 Å². The lowest BCUT2D eigenvalue weighted by atomic mass is 10.1. The number of hydrogen-bond acceptors (Lipinski definition) is 6. The summed E-state index contributed by atoms with van der Waals surface area (Å²) in [5.41, 5.74) is 9.63. The van der Waals surface area contributed by atoms with Gasteiger partial charge in [0.2, 0.25) is 0 Å². The zero-order valence-corrected chi connectivity index (χ0v) is 15.4. The first kappa shape index (κ1) is 16.0. The zero-order valence-electron chi connectivity index (χ0n) is 15.4. The molecule has 3 aromatic heterocycles. The minimum absolute atomic E-state index is 0.744. The molecule has 7 heteroatoms. The van der Waals surface area contributed by atoms with Crippen LogP contribution in [0.15, 0.2) is 85.1 Å². The molecule has 2 aliphatic heterocycles. The van der Waals surface area contributed by atoms with E-state index in [9.17, 15) is 0 Å². The number of nitrogens with one attached hydrogen (secondary N) is 1. The molecule has 0 atom stereocenters. The molecule has 1 N–H and O–H groups in total. The SMILES string of the molecule is C1=CN2ONC=C2C=C1c1ccc2ncc(Cc3ccc4ncccc4c3)n2n1. The van der Waals surface area contributed by atoms with Crippen LogP contribution < -0.4 is 5.48 Å². The van der Waals surface area contributed by atoms with Gasteiger partial charge < -0.3 is 0 Å². The second kappa shape index (κ2) is 6.29. The van der Waals surface area contributed by atoms with Crippen molar-refractivity contribution in [1.29, 1.82) is 0 Å². The fourth-order valence-corrected chi connectivity index (χ4v) is 3.64. The summed E-state index contributed by atoms with van der Waals surface area (Å²) in [7, 11) is 0. The summed E-state index contributed by atoms with van der Waals surface area (Å²) >= 11 is 0. The van der Waals surface area contributed by atoms with Crippen LogP contribution in [-0.2, 0) is 11.4 Å². The van der Waals surface area contributed by atoms with Crippen molar-refractivity contribution in [2.45, 2.75) is 6.42 Å². The first-order chi connectivity index (χ1) is 14.3. The molecule has 4 aromatic rings. The van der Waals surface area contributed by atoms with Gasteiger partial charge in [-0.1, -0.05) is 12.1 Å². The van der Waals surface area contributed by atoms with Gasteiger partial charge in [-0.05, 0) is 48.0 Å². The summed E-state index contributed by atoms with van der Waals surface area (Å²) < 4.78 is 1.92. The fraction of sp³-hybridized carbons (Fsp3) is 0.0455. The number of rotatable bonds is 3. The molecule has 0 radical (unpaired) electrons. The Morgan fingerprint density at radius 3 is 3.07 bits per heavy atom. The molecule has 140 valence electrons. The topological polar surface area (TPSA) is 67.6 Å². The Kier molecular flexibility index (Phi) is 3.47. The number of hydroxylamine groups is 3. The summed E-state index contributed by atoms with van der Waals surface area (Å²) in [6.45, 7) is 0. The first-order valence-corrected chi connectivity index (χ1v) is 9.33. The van der Waals surface area contributed by atoms with E-state index in [-0.39, 0.29) is 0 Å². The third-order valence-corrected chi connectivity index (χ3v) is 5.09. The van der Waals surface area contributed by atoms with E-state index < -0.39 is 0 Å². The molecule has 0 spiro atoms. The maximum atomic E-state index is 5.23. The predicted molar refractivity (Wildman–Crippen MR) is 109 cm³/mol. The summed E-state index contributed by atoms with van der Waals surface area (Å²) in [4.78, 5) is 14.1. The highest BCUT2D eigenvalue weighted by Crippen LogP contribution is 2.26. The van der Waals surface area contributed by atoms with Crippen molar-refractivity contribution in [2.75, 3.05) is 0 Å².